The Morgan fingerprint density at radius 3 is 2.83 bits per heavy atom. The van der Waals surface area contributed by atoms with Gasteiger partial charge in [0.05, 0.1) is 12.1 Å². The fourth-order valence-electron chi connectivity index (χ4n) is 3.25. The van der Waals surface area contributed by atoms with Gasteiger partial charge in [0.25, 0.3) is 5.91 Å². The number of rotatable bonds is 4. The fraction of sp³-hybridized carbons (Fsp3) is 0.444. The van der Waals surface area contributed by atoms with E-state index < -0.39 is 0 Å². The van der Waals surface area contributed by atoms with E-state index in [1.165, 1.54) is 6.42 Å². The summed E-state index contributed by atoms with van der Waals surface area (Å²) in [7, 11) is 3.96. The zero-order valence-corrected chi connectivity index (χ0v) is 13.8. The number of amides is 1. The van der Waals surface area contributed by atoms with Crippen molar-refractivity contribution in [2.75, 3.05) is 19.0 Å². The Balaban J connectivity index is 1.74. The SMILES string of the molecule is CN(C)c1cccc(C(=O)NC2CCCCC2n2cccn2)c1. The van der Waals surface area contributed by atoms with E-state index in [-0.39, 0.29) is 18.0 Å². The highest BCUT2D eigenvalue weighted by Gasteiger charge is 2.28. The molecule has 1 amide bonds. The molecule has 2 aromatic rings. The van der Waals surface area contributed by atoms with Crippen LogP contribution in [0.1, 0.15) is 42.1 Å². The molecule has 5 nitrogen and oxygen atoms in total. The molecule has 1 saturated carbocycles. The molecule has 1 aliphatic rings. The zero-order chi connectivity index (χ0) is 16.2. The summed E-state index contributed by atoms with van der Waals surface area (Å²) in [5.74, 6) is -0.00208. The Labute approximate surface area is 137 Å². The fourth-order valence-corrected chi connectivity index (χ4v) is 3.25. The molecule has 1 aromatic heterocycles. The van der Waals surface area contributed by atoms with Crippen molar-refractivity contribution in [3.05, 3.63) is 48.3 Å². The summed E-state index contributed by atoms with van der Waals surface area (Å²) in [4.78, 5) is 14.6. The minimum Gasteiger partial charge on any atom is -0.378 e. The molecular formula is C18H24N4O. The summed E-state index contributed by atoms with van der Waals surface area (Å²) in [5.41, 5.74) is 1.74. The van der Waals surface area contributed by atoms with Gasteiger partial charge in [-0.1, -0.05) is 18.9 Å². The summed E-state index contributed by atoms with van der Waals surface area (Å²) >= 11 is 0. The Kier molecular flexibility index (Phi) is 4.65. The van der Waals surface area contributed by atoms with Crippen molar-refractivity contribution >= 4 is 11.6 Å². The van der Waals surface area contributed by atoms with E-state index in [4.69, 9.17) is 0 Å². The summed E-state index contributed by atoms with van der Waals surface area (Å²) in [6, 6.07) is 10.1. The maximum absolute atomic E-state index is 12.6. The largest absolute Gasteiger partial charge is 0.378 e. The van der Waals surface area contributed by atoms with Gasteiger partial charge < -0.3 is 10.2 Å². The molecule has 0 aliphatic heterocycles. The molecular weight excluding hydrogens is 288 g/mol. The average Bonchev–Trinajstić information content (AvgIpc) is 3.09. The third-order valence-corrected chi connectivity index (χ3v) is 4.54. The molecule has 0 saturated heterocycles. The molecule has 3 rings (SSSR count). The standard InChI is InChI=1S/C18H24N4O/c1-21(2)15-8-5-7-14(13-15)18(23)20-16-9-3-4-10-17(16)22-12-6-11-19-22/h5-8,11-13,16-17H,3-4,9-10H2,1-2H3,(H,20,23). The van der Waals surface area contributed by atoms with Crippen LogP contribution in [0.5, 0.6) is 0 Å². The first kappa shape index (κ1) is 15.6. The third kappa shape index (κ3) is 3.55. The molecule has 1 fully saturated rings. The Morgan fingerprint density at radius 2 is 2.09 bits per heavy atom. The van der Waals surface area contributed by atoms with Gasteiger partial charge in [-0.2, -0.15) is 5.10 Å². The molecule has 1 aliphatic carbocycles. The Hall–Kier alpha value is -2.30. The first-order chi connectivity index (χ1) is 11.1. The van der Waals surface area contributed by atoms with Crippen LogP contribution in [0.4, 0.5) is 5.69 Å². The lowest BCUT2D eigenvalue weighted by molar-refractivity contribution is 0.0905. The van der Waals surface area contributed by atoms with Crippen LogP contribution in [0, 0.1) is 0 Å². The van der Waals surface area contributed by atoms with Gasteiger partial charge in [-0.3, -0.25) is 9.48 Å². The Bertz CT molecular complexity index is 651. The van der Waals surface area contributed by atoms with Gasteiger partial charge in [0.2, 0.25) is 0 Å². The number of anilines is 1. The number of carbonyl (C=O) groups excluding carboxylic acids is 1. The molecule has 1 aromatic carbocycles. The van der Waals surface area contributed by atoms with Crippen LogP contribution in [-0.2, 0) is 0 Å². The van der Waals surface area contributed by atoms with E-state index in [1.54, 1.807) is 6.20 Å². The lowest BCUT2D eigenvalue weighted by atomic mass is 9.90. The molecule has 0 spiro atoms. The lowest BCUT2D eigenvalue weighted by Crippen LogP contribution is -2.43. The van der Waals surface area contributed by atoms with Gasteiger partial charge in [0.15, 0.2) is 0 Å². The van der Waals surface area contributed by atoms with Gasteiger partial charge in [0, 0.05) is 37.7 Å². The predicted octanol–water partition coefficient (Wildman–Crippen LogP) is 2.86. The number of benzene rings is 1. The average molecular weight is 312 g/mol. The summed E-state index contributed by atoms with van der Waals surface area (Å²) < 4.78 is 1.99. The molecule has 1 N–H and O–H groups in total. The highest BCUT2D eigenvalue weighted by molar-refractivity contribution is 5.95. The molecule has 1 heterocycles. The topological polar surface area (TPSA) is 50.2 Å². The smallest absolute Gasteiger partial charge is 0.251 e. The molecule has 5 heteroatoms. The van der Waals surface area contributed by atoms with Crippen molar-refractivity contribution in [2.45, 2.75) is 37.8 Å². The highest BCUT2D eigenvalue weighted by atomic mass is 16.1. The molecule has 122 valence electrons. The van der Waals surface area contributed by atoms with Crippen molar-refractivity contribution in [1.82, 2.24) is 15.1 Å². The number of hydrogen-bond acceptors (Lipinski definition) is 3. The zero-order valence-electron chi connectivity index (χ0n) is 13.8. The predicted molar refractivity (Wildman–Crippen MR) is 91.8 cm³/mol. The van der Waals surface area contributed by atoms with E-state index >= 15 is 0 Å². The van der Waals surface area contributed by atoms with Crippen LogP contribution >= 0.6 is 0 Å². The van der Waals surface area contributed by atoms with E-state index in [0.29, 0.717) is 5.56 Å². The molecule has 2 unspecified atom stereocenters. The van der Waals surface area contributed by atoms with Crippen molar-refractivity contribution in [2.24, 2.45) is 0 Å². The number of carbonyl (C=O) groups is 1. The van der Waals surface area contributed by atoms with Gasteiger partial charge in [0.1, 0.15) is 0 Å². The summed E-state index contributed by atoms with van der Waals surface area (Å²) in [6.45, 7) is 0. The van der Waals surface area contributed by atoms with Gasteiger partial charge in [-0.05, 0) is 37.1 Å². The van der Waals surface area contributed by atoms with Crippen molar-refractivity contribution < 1.29 is 4.79 Å². The number of aromatic nitrogens is 2. The minimum absolute atomic E-state index is 0.00208. The quantitative estimate of drug-likeness (QED) is 0.944. The van der Waals surface area contributed by atoms with Gasteiger partial charge in [-0.15, -0.1) is 0 Å². The number of nitrogens with zero attached hydrogens (tertiary/aromatic N) is 3. The first-order valence-electron chi connectivity index (χ1n) is 8.22. The lowest BCUT2D eigenvalue weighted by Gasteiger charge is -2.32. The maximum atomic E-state index is 12.6. The normalized spacial score (nSPS) is 21.0. The third-order valence-electron chi connectivity index (χ3n) is 4.54. The second-order valence-corrected chi connectivity index (χ2v) is 6.36. The van der Waals surface area contributed by atoms with E-state index in [0.717, 1.165) is 24.9 Å². The molecule has 23 heavy (non-hydrogen) atoms. The summed E-state index contributed by atoms with van der Waals surface area (Å²) in [6.07, 6.45) is 8.19. The van der Waals surface area contributed by atoms with Crippen molar-refractivity contribution in [1.29, 1.82) is 0 Å². The van der Waals surface area contributed by atoms with Crippen LogP contribution in [0.25, 0.3) is 0 Å². The van der Waals surface area contributed by atoms with Crippen LogP contribution in [0.3, 0.4) is 0 Å². The van der Waals surface area contributed by atoms with Crippen molar-refractivity contribution in [3.8, 4) is 0 Å². The minimum atomic E-state index is -0.00208. The second-order valence-electron chi connectivity index (χ2n) is 6.36. The Morgan fingerprint density at radius 1 is 1.26 bits per heavy atom. The molecule has 2 atom stereocenters. The second kappa shape index (κ2) is 6.86. The van der Waals surface area contributed by atoms with Gasteiger partial charge in [-0.25, -0.2) is 0 Å². The van der Waals surface area contributed by atoms with E-state index in [9.17, 15) is 4.79 Å². The summed E-state index contributed by atoms with van der Waals surface area (Å²) in [5, 5.41) is 7.59. The number of nitrogens with one attached hydrogen (secondary N) is 1. The first-order valence-corrected chi connectivity index (χ1v) is 8.22. The highest BCUT2D eigenvalue weighted by Crippen LogP contribution is 2.28. The van der Waals surface area contributed by atoms with Crippen LogP contribution < -0.4 is 10.2 Å². The van der Waals surface area contributed by atoms with Gasteiger partial charge >= 0.3 is 0 Å². The van der Waals surface area contributed by atoms with E-state index in [1.807, 2.05) is 60.2 Å². The van der Waals surface area contributed by atoms with Crippen LogP contribution in [0.2, 0.25) is 0 Å². The number of hydrogen-bond donors (Lipinski definition) is 1. The van der Waals surface area contributed by atoms with Crippen molar-refractivity contribution in [3.63, 3.8) is 0 Å². The monoisotopic (exact) mass is 312 g/mol. The van der Waals surface area contributed by atoms with E-state index in [2.05, 4.69) is 10.4 Å². The van der Waals surface area contributed by atoms with Crippen LogP contribution in [-0.4, -0.2) is 35.8 Å². The molecule has 0 radical (unpaired) electrons. The maximum Gasteiger partial charge on any atom is 0.251 e. The van der Waals surface area contributed by atoms with Crippen LogP contribution in [0.15, 0.2) is 42.7 Å². The molecule has 0 bridgehead atoms.